The highest BCUT2D eigenvalue weighted by molar-refractivity contribution is 6.74. The topological polar surface area (TPSA) is 55.8 Å². The Labute approximate surface area is 135 Å². The molecule has 2 atom stereocenters. The molecule has 1 aliphatic carbocycles. The van der Waals surface area contributed by atoms with Crippen LogP contribution in [0.1, 0.15) is 40.5 Å². The molecule has 0 amide bonds. The van der Waals surface area contributed by atoms with Crippen molar-refractivity contribution in [1.82, 2.24) is 0 Å². The van der Waals surface area contributed by atoms with Crippen LogP contribution in [-0.4, -0.2) is 38.2 Å². The lowest BCUT2D eigenvalue weighted by Gasteiger charge is -2.41. The maximum absolute atomic E-state index is 11.7. The Bertz CT molecular complexity index is 460. The average Bonchev–Trinajstić information content (AvgIpc) is 2.33. The van der Waals surface area contributed by atoms with E-state index in [-0.39, 0.29) is 17.1 Å². The normalized spacial score (nSPS) is 25.4. The zero-order chi connectivity index (χ0) is 17.1. The van der Waals surface area contributed by atoms with Gasteiger partial charge >= 0.3 is 5.97 Å². The molecule has 1 saturated carbocycles. The van der Waals surface area contributed by atoms with Gasteiger partial charge in [0.2, 0.25) is 0 Å². The van der Waals surface area contributed by atoms with Gasteiger partial charge in [-0.3, -0.25) is 0 Å². The van der Waals surface area contributed by atoms with Crippen LogP contribution in [0.25, 0.3) is 0 Å². The zero-order valence-electron chi connectivity index (χ0n) is 14.7. The van der Waals surface area contributed by atoms with Gasteiger partial charge in [0, 0.05) is 12.5 Å². The summed E-state index contributed by atoms with van der Waals surface area (Å²) >= 11 is 0. The molecule has 0 heterocycles. The van der Waals surface area contributed by atoms with Gasteiger partial charge in [0.05, 0.1) is 18.8 Å². The van der Waals surface area contributed by atoms with Gasteiger partial charge in [0.1, 0.15) is 0 Å². The number of hydrogen-bond acceptors (Lipinski definition) is 4. The van der Waals surface area contributed by atoms with E-state index in [0.717, 1.165) is 5.57 Å². The van der Waals surface area contributed by atoms with Gasteiger partial charge in [-0.15, -0.1) is 0 Å². The Kier molecular flexibility index (Phi) is 6.18. The van der Waals surface area contributed by atoms with Crippen LogP contribution in [-0.2, 0) is 14.0 Å². The average molecular weight is 327 g/mol. The molecular formula is C17H30O4Si. The Morgan fingerprint density at radius 3 is 2.55 bits per heavy atom. The highest BCUT2D eigenvalue weighted by atomic mass is 28.4. The molecule has 0 unspecified atom stereocenters. The Morgan fingerprint density at radius 2 is 2.05 bits per heavy atom. The fourth-order valence-electron chi connectivity index (χ4n) is 2.23. The first-order valence-corrected chi connectivity index (χ1v) is 10.8. The fraction of sp³-hybridized carbons (Fsp3) is 0.706. The molecule has 1 fully saturated rings. The number of hydrogen-bond donors (Lipinski definition) is 1. The maximum atomic E-state index is 11.7. The predicted molar refractivity (Wildman–Crippen MR) is 91.2 cm³/mol. The first kappa shape index (κ1) is 19.1. The smallest absolute Gasteiger partial charge is 0.331 e. The second-order valence-corrected chi connectivity index (χ2v) is 12.2. The first-order chi connectivity index (χ1) is 9.98. The van der Waals surface area contributed by atoms with Crippen LogP contribution in [0, 0.1) is 0 Å². The van der Waals surface area contributed by atoms with E-state index in [1.54, 1.807) is 6.92 Å². The van der Waals surface area contributed by atoms with E-state index in [9.17, 15) is 9.90 Å². The van der Waals surface area contributed by atoms with Crippen LogP contribution in [0.3, 0.4) is 0 Å². The van der Waals surface area contributed by atoms with Gasteiger partial charge in [-0.2, -0.15) is 0 Å². The standard InChI is InChI=1S/C17H30O4Si/c1-8-20-16(19)10-13-9-14(11-15(18)12(13)2)21-22(6,7)17(3,4)5/h10,14-15,18H,2,8-9,11H2,1,3-7H3/b13-10+/t14-,15+/m1/s1. The summed E-state index contributed by atoms with van der Waals surface area (Å²) in [6, 6.07) is 0. The predicted octanol–water partition coefficient (Wildman–Crippen LogP) is 3.58. The van der Waals surface area contributed by atoms with Gasteiger partial charge in [0.15, 0.2) is 8.32 Å². The third-order valence-corrected chi connectivity index (χ3v) is 9.13. The molecule has 0 aromatic rings. The largest absolute Gasteiger partial charge is 0.463 e. The molecule has 0 radical (unpaired) electrons. The lowest BCUT2D eigenvalue weighted by molar-refractivity contribution is -0.137. The van der Waals surface area contributed by atoms with Crippen molar-refractivity contribution < 1.29 is 19.1 Å². The van der Waals surface area contributed by atoms with E-state index in [1.165, 1.54) is 6.08 Å². The molecule has 0 aliphatic heterocycles. The van der Waals surface area contributed by atoms with Crippen molar-refractivity contribution in [2.75, 3.05) is 6.61 Å². The quantitative estimate of drug-likeness (QED) is 0.487. The SMILES string of the molecule is C=C1/C(=C/C(=O)OCC)C[C@@H](O[Si](C)(C)C(C)(C)C)C[C@@H]1O. The molecule has 22 heavy (non-hydrogen) atoms. The second-order valence-electron chi connectivity index (χ2n) is 7.40. The van der Waals surface area contributed by atoms with Crippen LogP contribution < -0.4 is 0 Å². The first-order valence-electron chi connectivity index (χ1n) is 7.90. The fourth-order valence-corrected chi connectivity index (χ4v) is 3.59. The van der Waals surface area contributed by atoms with Gasteiger partial charge in [-0.25, -0.2) is 4.79 Å². The number of aliphatic hydroxyl groups excluding tert-OH is 1. The minimum atomic E-state index is -1.91. The second kappa shape index (κ2) is 7.11. The zero-order valence-corrected chi connectivity index (χ0v) is 15.7. The monoisotopic (exact) mass is 326 g/mol. The Morgan fingerprint density at radius 1 is 1.45 bits per heavy atom. The minimum absolute atomic E-state index is 0.0814. The number of carbonyl (C=O) groups is 1. The highest BCUT2D eigenvalue weighted by Gasteiger charge is 2.41. The number of aliphatic hydroxyl groups is 1. The van der Waals surface area contributed by atoms with Crippen LogP contribution in [0.2, 0.25) is 18.1 Å². The number of esters is 1. The summed E-state index contributed by atoms with van der Waals surface area (Å²) in [7, 11) is -1.91. The molecule has 0 spiro atoms. The van der Waals surface area contributed by atoms with Crippen molar-refractivity contribution in [3.8, 4) is 0 Å². The Hall–Kier alpha value is -0.913. The van der Waals surface area contributed by atoms with E-state index in [2.05, 4.69) is 40.4 Å². The van der Waals surface area contributed by atoms with Crippen molar-refractivity contribution in [2.45, 2.75) is 70.9 Å². The lowest BCUT2D eigenvalue weighted by atomic mass is 9.86. The molecule has 1 N–H and O–H groups in total. The van der Waals surface area contributed by atoms with Crippen molar-refractivity contribution in [2.24, 2.45) is 0 Å². The Balaban J connectivity index is 2.88. The van der Waals surface area contributed by atoms with Crippen molar-refractivity contribution >= 4 is 14.3 Å². The molecule has 5 heteroatoms. The summed E-state index contributed by atoms with van der Waals surface area (Å²) in [5.41, 5.74) is 1.34. The number of carbonyl (C=O) groups excluding carboxylic acids is 1. The van der Waals surface area contributed by atoms with Gasteiger partial charge < -0.3 is 14.3 Å². The minimum Gasteiger partial charge on any atom is -0.463 e. The maximum Gasteiger partial charge on any atom is 0.331 e. The highest BCUT2D eigenvalue weighted by Crippen LogP contribution is 2.40. The molecule has 126 valence electrons. The number of ether oxygens (including phenoxy) is 1. The summed E-state index contributed by atoms with van der Waals surface area (Å²) in [6.45, 7) is 16.9. The molecule has 0 aromatic heterocycles. The van der Waals surface area contributed by atoms with Gasteiger partial charge in [-0.1, -0.05) is 27.4 Å². The number of rotatable bonds is 4. The van der Waals surface area contributed by atoms with Crippen molar-refractivity contribution in [1.29, 1.82) is 0 Å². The van der Waals surface area contributed by atoms with E-state index >= 15 is 0 Å². The molecular weight excluding hydrogens is 296 g/mol. The lowest BCUT2D eigenvalue weighted by Crippen LogP contribution is -2.46. The van der Waals surface area contributed by atoms with Gasteiger partial charge in [0.25, 0.3) is 0 Å². The van der Waals surface area contributed by atoms with E-state index in [0.29, 0.717) is 25.0 Å². The summed E-state index contributed by atoms with van der Waals surface area (Å²) in [4.78, 5) is 11.7. The van der Waals surface area contributed by atoms with Crippen LogP contribution in [0.15, 0.2) is 23.8 Å². The third-order valence-electron chi connectivity index (χ3n) is 4.59. The third kappa shape index (κ3) is 4.79. The molecule has 1 aliphatic rings. The molecule has 0 saturated heterocycles. The molecule has 1 rings (SSSR count). The van der Waals surface area contributed by atoms with Crippen LogP contribution >= 0.6 is 0 Å². The molecule has 0 bridgehead atoms. The van der Waals surface area contributed by atoms with E-state index in [4.69, 9.17) is 9.16 Å². The van der Waals surface area contributed by atoms with Crippen LogP contribution in [0.4, 0.5) is 0 Å². The summed E-state index contributed by atoms with van der Waals surface area (Å²) in [5, 5.41) is 10.3. The summed E-state index contributed by atoms with van der Waals surface area (Å²) < 4.78 is 11.3. The summed E-state index contributed by atoms with van der Waals surface area (Å²) in [5.74, 6) is -0.390. The van der Waals surface area contributed by atoms with E-state index in [1.807, 2.05) is 0 Å². The van der Waals surface area contributed by atoms with E-state index < -0.39 is 14.4 Å². The van der Waals surface area contributed by atoms with Gasteiger partial charge in [-0.05, 0) is 42.6 Å². The van der Waals surface area contributed by atoms with Crippen LogP contribution in [0.5, 0.6) is 0 Å². The summed E-state index contributed by atoms with van der Waals surface area (Å²) in [6.07, 6.45) is 1.83. The van der Waals surface area contributed by atoms with Crippen molar-refractivity contribution in [3.05, 3.63) is 23.8 Å². The van der Waals surface area contributed by atoms with Crippen molar-refractivity contribution in [3.63, 3.8) is 0 Å². The molecule has 0 aromatic carbocycles. The molecule has 4 nitrogen and oxygen atoms in total.